The van der Waals surface area contributed by atoms with Crippen LogP contribution < -0.4 is 10.6 Å². The molecule has 140 valence electrons. The first-order chi connectivity index (χ1) is 13.5. The number of hydrogen-bond donors (Lipinski definition) is 2. The average Bonchev–Trinajstić information content (AvgIpc) is 2.69. The molecule has 0 fully saturated rings. The summed E-state index contributed by atoms with van der Waals surface area (Å²) in [6.07, 6.45) is 0.779. The Labute approximate surface area is 168 Å². The van der Waals surface area contributed by atoms with Gasteiger partial charge in [0.2, 0.25) is 5.95 Å². The van der Waals surface area contributed by atoms with E-state index < -0.39 is 0 Å². The van der Waals surface area contributed by atoms with E-state index in [-0.39, 0.29) is 11.6 Å². The number of halogens is 1. The number of rotatable bonds is 6. The summed E-state index contributed by atoms with van der Waals surface area (Å²) in [6, 6.07) is 18.0. The molecule has 0 unspecified atom stereocenters. The maximum Gasteiger partial charge on any atom is 0.274 e. The number of aromatic nitrogens is 2. The van der Waals surface area contributed by atoms with Gasteiger partial charge in [0.05, 0.1) is 11.6 Å². The van der Waals surface area contributed by atoms with Crippen LogP contribution in [0, 0.1) is 18.3 Å². The van der Waals surface area contributed by atoms with Gasteiger partial charge in [-0.15, -0.1) is 0 Å². The van der Waals surface area contributed by atoms with E-state index in [2.05, 4.69) is 20.6 Å². The Kier molecular flexibility index (Phi) is 6.20. The highest BCUT2D eigenvalue weighted by molar-refractivity contribution is 6.30. The lowest BCUT2D eigenvalue weighted by molar-refractivity contribution is 0.102. The van der Waals surface area contributed by atoms with Gasteiger partial charge in [0, 0.05) is 22.9 Å². The second-order valence-corrected chi connectivity index (χ2v) is 6.60. The Morgan fingerprint density at radius 1 is 1.11 bits per heavy atom. The first-order valence-corrected chi connectivity index (χ1v) is 9.07. The van der Waals surface area contributed by atoms with Crippen molar-refractivity contribution in [1.82, 2.24) is 9.97 Å². The van der Waals surface area contributed by atoms with Crippen molar-refractivity contribution in [2.24, 2.45) is 0 Å². The third-order valence-corrected chi connectivity index (χ3v) is 4.22. The summed E-state index contributed by atoms with van der Waals surface area (Å²) in [4.78, 5) is 21.1. The normalized spacial score (nSPS) is 10.2. The molecule has 0 aliphatic heterocycles. The summed E-state index contributed by atoms with van der Waals surface area (Å²) in [5.74, 6) is 0.0647. The Morgan fingerprint density at radius 3 is 2.50 bits per heavy atom. The summed E-state index contributed by atoms with van der Waals surface area (Å²) in [5.41, 5.74) is 3.23. The van der Waals surface area contributed by atoms with Crippen LogP contribution >= 0.6 is 11.6 Å². The van der Waals surface area contributed by atoms with E-state index in [1.807, 2.05) is 37.3 Å². The SMILES string of the molecule is Cc1cc(C(=O)Nc2ccc(C#N)cc2)nc(NCCc2ccc(Cl)cc2)n1. The largest absolute Gasteiger partial charge is 0.354 e. The molecule has 0 aliphatic rings. The molecule has 0 aliphatic carbocycles. The quantitative estimate of drug-likeness (QED) is 0.656. The predicted octanol–water partition coefficient (Wildman–Crippen LogP) is 4.22. The molecule has 7 heteroatoms. The van der Waals surface area contributed by atoms with Gasteiger partial charge in [-0.3, -0.25) is 4.79 Å². The van der Waals surface area contributed by atoms with Crippen molar-refractivity contribution in [3.8, 4) is 6.07 Å². The van der Waals surface area contributed by atoms with Crippen LogP contribution in [0.4, 0.5) is 11.6 Å². The summed E-state index contributed by atoms with van der Waals surface area (Å²) in [6.45, 7) is 2.44. The number of nitriles is 1. The molecule has 1 amide bonds. The number of nitrogens with zero attached hydrogens (tertiary/aromatic N) is 3. The third-order valence-electron chi connectivity index (χ3n) is 3.97. The van der Waals surface area contributed by atoms with E-state index in [1.165, 1.54) is 0 Å². The summed E-state index contributed by atoms with van der Waals surface area (Å²) < 4.78 is 0. The van der Waals surface area contributed by atoms with Crippen molar-refractivity contribution in [1.29, 1.82) is 5.26 Å². The Hall–Kier alpha value is -3.43. The van der Waals surface area contributed by atoms with Gasteiger partial charge in [-0.2, -0.15) is 5.26 Å². The molecular weight excluding hydrogens is 374 g/mol. The Bertz CT molecular complexity index is 1010. The number of carbonyl (C=O) groups excluding carboxylic acids is 1. The van der Waals surface area contributed by atoms with Crippen LogP contribution in [0.25, 0.3) is 0 Å². The zero-order chi connectivity index (χ0) is 19.9. The van der Waals surface area contributed by atoms with Crippen molar-refractivity contribution < 1.29 is 4.79 Å². The molecule has 0 spiro atoms. The van der Waals surface area contributed by atoms with E-state index in [0.29, 0.717) is 34.5 Å². The van der Waals surface area contributed by atoms with Crippen molar-refractivity contribution >= 4 is 29.1 Å². The standard InChI is InChI=1S/C21H18ClN5O/c1-14-12-19(20(28)26-18-8-4-16(13-23)5-9-18)27-21(25-14)24-11-10-15-2-6-17(22)7-3-15/h2-9,12H,10-11H2,1H3,(H,26,28)(H,24,25,27). The zero-order valence-corrected chi connectivity index (χ0v) is 16.0. The molecule has 28 heavy (non-hydrogen) atoms. The van der Waals surface area contributed by atoms with Gasteiger partial charge in [-0.05, 0) is 61.4 Å². The second kappa shape index (κ2) is 8.98. The van der Waals surface area contributed by atoms with Gasteiger partial charge in [-0.1, -0.05) is 23.7 Å². The Balaban J connectivity index is 1.63. The highest BCUT2D eigenvalue weighted by atomic mass is 35.5. The van der Waals surface area contributed by atoms with E-state index in [4.69, 9.17) is 16.9 Å². The predicted molar refractivity (Wildman–Crippen MR) is 110 cm³/mol. The minimum Gasteiger partial charge on any atom is -0.354 e. The molecule has 3 rings (SSSR count). The minimum absolute atomic E-state index is 0.269. The number of amides is 1. The van der Waals surface area contributed by atoms with Crippen LogP contribution in [0.2, 0.25) is 5.02 Å². The monoisotopic (exact) mass is 391 g/mol. The minimum atomic E-state index is -0.337. The van der Waals surface area contributed by atoms with Crippen molar-refractivity contribution in [2.45, 2.75) is 13.3 Å². The van der Waals surface area contributed by atoms with E-state index in [0.717, 1.165) is 12.0 Å². The molecule has 0 saturated carbocycles. The fraction of sp³-hybridized carbons (Fsp3) is 0.143. The number of carbonyl (C=O) groups is 1. The molecular formula is C21H18ClN5O. The summed E-state index contributed by atoms with van der Waals surface area (Å²) >= 11 is 5.89. The fourth-order valence-electron chi connectivity index (χ4n) is 2.56. The second-order valence-electron chi connectivity index (χ2n) is 6.16. The maximum atomic E-state index is 12.5. The van der Waals surface area contributed by atoms with E-state index in [1.54, 1.807) is 30.3 Å². The van der Waals surface area contributed by atoms with Crippen LogP contribution in [0.5, 0.6) is 0 Å². The van der Waals surface area contributed by atoms with E-state index in [9.17, 15) is 4.79 Å². The fourth-order valence-corrected chi connectivity index (χ4v) is 2.68. The summed E-state index contributed by atoms with van der Waals surface area (Å²) in [5, 5.41) is 15.5. The van der Waals surface area contributed by atoms with Crippen molar-refractivity contribution in [2.75, 3.05) is 17.2 Å². The number of anilines is 2. The molecule has 3 aromatic rings. The van der Waals surface area contributed by atoms with E-state index >= 15 is 0 Å². The molecule has 0 radical (unpaired) electrons. The van der Waals surface area contributed by atoms with Gasteiger partial charge < -0.3 is 10.6 Å². The van der Waals surface area contributed by atoms with Crippen LogP contribution in [0.3, 0.4) is 0 Å². The number of hydrogen-bond acceptors (Lipinski definition) is 5. The molecule has 1 heterocycles. The number of benzene rings is 2. The highest BCUT2D eigenvalue weighted by Gasteiger charge is 2.11. The molecule has 6 nitrogen and oxygen atoms in total. The van der Waals surface area contributed by atoms with Crippen LogP contribution in [-0.4, -0.2) is 22.4 Å². The molecule has 0 saturated heterocycles. The van der Waals surface area contributed by atoms with Gasteiger partial charge in [0.25, 0.3) is 5.91 Å². The van der Waals surface area contributed by atoms with Crippen LogP contribution in [0.1, 0.15) is 27.3 Å². The average molecular weight is 392 g/mol. The van der Waals surface area contributed by atoms with Gasteiger partial charge in [-0.25, -0.2) is 9.97 Å². The van der Waals surface area contributed by atoms with Crippen molar-refractivity contribution in [3.05, 3.63) is 82.1 Å². The molecule has 2 N–H and O–H groups in total. The lowest BCUT2D eigenvalue weighted by Crippen LogP contribution is -2.16. The third kappa shape index (κ3) is 5.29. The first kappa shape index (κ1) is 19.3. The molecule has 0 bridgehead atoms. The van der Waals surface area contributed by atoms with Crippen molar-refractivity contribution in [3.63, 3.8) is 0 Å². The lowest BCUT2D eigenvalue weighted by atomic mass is 10.1. The molecule has 1 aromatic heterocycles. The number of nitrogens with one attached hydrogen (secondary N) is 2. The molecule has 2 aromatic carbocycles. The van der Waals surface area contributed by atoms with Crippen LogP contribution in [0.15, 0.2) is 54.6 Å². The number of aryl methyl sites for hydroxylation is 1. The van der Waals surface area contributed by atoms with Gasteiger partial charge >= 0.3 is 0 Å². The first-order valence-electron chi connectivity index (χ1n) is 8.69. The van der Waals surface area contributed by atoms with Gasteiger partial charge in [0.15, 0.2) is 0 Å². The Morgan fingerprint density at radius 2 is 1.82 bits per heavy atom. The zero-order valence-electron chi connectivity index (χ0n) is 15.2. The lowest BCUT2D eigenvalue weighted by Gasteiger charge is -2.09. The smallest absolute Gasteiger partial charge is 0.274 e. The highest BCUT2D eigenvalue weighted by Crippen LogP contribution is 2.13. The summed E-state index contributed by atoms with van der Waals surface area (Å²) in [7, 11) is 0. The van der Waals surface area contributed by atoms with Crippen LogP contribution in [-0.2, 0) is 6.42 Å². The van der Waals surface area contributed by atoms with Gasteiger partial charge in [0.1, 0.15) is 5.69 Å². The maximum absolute atomic E-state index is 12.5. The molecule has 0 atom stereocenters. The topological polar surface area (TPSA) is 90.7 Å².